The fourth-order valence-electron chi connectivity index (χ4n) is 4.64. The minimum absolute atomic E-state index is 0.0513. The first-order valence-corrected chi connectivity index (χ1v) is 8.98. The molecule has 0 bridgehead atoms. The summed E-state index contributed by atoms with van der Waals surface area (Å²) in [5.41, 5.74) is 1.95. The third-order valence-electron chi connectivity index (χ3n) is 5.91. The number of nitrogens with zero attached hydrogens (tertiary/aromatic N) is 3. The topological polar surface area (TPSA) is 96.0 Å². The van der Waals surface area contributed by atoms with Gasteiger partial charge in [-0.05, 0) is 36.0 Å². The highest BCUT2D eigenvalue weighted by atomic mass is 16.3. The summed E-state index contributed by atoms with van der Waals surface area (Å²) in [5.74, 6) is -1.02. The number of carbonyl (C=O) groups excluding carboxylic acids is 2. The highest BCUT2D eigenvalue weighted by Crippen LogP contribution is 2.53. The molecule has 1 aromatic heterocycles. The molecule has 3 atom stereocenters. The normalized spacial score (nSPS) is 26.6. The van der Waals surface area contributed by atoms with Gasteiger partial charge in [0.05, 0.1) is 16.7 Å². The van der Waals surface area contributed by atoms with E-state index in [2.05, 4.69) is 11.2 Å². The van der Waals surface area contributed by atoms with Gasteiger partial charge in [0, 0.05) is 12.1 Å². The van der Waals surface area contributed by atoms with Gasteiger partial charge in [-0.2, -0.15) is 10.4 Å². The molecule has 6 heteroatoms. The smallest absolute Gasteiger partial charge is 0.272 e. The number of aromatic nitrogens is 2. The van der Waals surface area contributed by atoms with Gasteiger partial charge < -0.3 is 5.11 Å². The van der Waals surface area contributed by atoms with Crippen LogP contribution in [0.2, 0.25) is 0 Å². The van der Waals surface area contributed by atoms with E-state index in [1.165, 1.54) is 4.68 Å². The van der Waals surface area contributed by atoms with Crippen LogP contribution < -0.4 is 0 Å². The van der Waals surface area contributed by atoms with E-state index in [0.29, 0.717) is 12.1 Å². The molecule has 0 spiro atoms. The number of Topliss-reactive ketones (excluding diaryl/α,β-unsaturated/α-hetero) is 1. The number of hydrogen-bond acceptors (Lipinski definition) is 5. The number of ketones is 1. The van der Waals surface area contributed by atoms with Gasteiger partial charge in [0.25, 0.3) is 5.91 Å². The van der Waals surface area contributed by atoms with Crippen LogP contribution in [0.25, 0.3) is 0 Å². The van der Waals surface area contributed by atoms with Gasteiger partial charge >= 0.3 is 0 Å². The van der Waals surface area contributed by atoms with Crippen LogP contribution in [0, 0.1) is 23.2 Å². The maximum Gasteiger partial charge on any atom is 0.272 e. The van der Waals surface area contributed by atoms with Gasteiger partial charge in [-0.15, -0.1) is 0 Å². The van der Waals surface area contributed by atoms with E-state index in [1.54, 1.807) is 12.3 Å². The standard InChI is InChI=1S/C21H19N3O3/c1-13-17-8-7-14-11-24(18(26)12-25)23-20(14)21(17,9-15(10-22)19(13)27)16-5-3-2-4-6-16/h2-6,9,11,13,17,25H,7-8,12H2,1H3/t13-,17?,21+/m0/s1. The van der Waals surface area contributed by atoms with Crippen LogP contribution in [0.4, 0.5) is 0 Å². The van der Waals surface area contributed by atoms with E-state index in [4.69, 9.17) is 0 Å². The van der Waals surface area contributed by atoms with E-state index in [-0.39, 0.29) is 23.2 Å². The lowest BCUT2D eigenvalue weighted by Gasteiger charge is -2.46. The molecule has 0 fully saturated rings. The highest BCUT2D eigenvalue weighted by molar-refractivity contribution is 6.02. The minimum atomic E-state index is -0.742. The van der Waals surface area contributed by atoms with Crippen molar-refractivity contribution < 1.29 is 14.7 Å². The van der Waals surface area contributed by atoms with E-state index in [0.717, 1.165) is 17.5 Å². The number of benzene rings is 1. The van der Waals surface area contributed by atoms with Crippen molar-refractivity contribution in [2.45, 2.75) is 25.2 Å². The summed E-state index contributed by atoms with van der Waals surface area (Å²) in [7, 11) is 0. The van der Waals surface area contributed by atoms with Crippen LogP contribution in [0.3, 0.4) is 0 Å². The molecular formula is C21H19N3O3. The van der Waals surface area contributed by atoms with Crippen LogP contribution in [-0.4, -0.2) is 33.2 Å². The third kappa shape index (κ3) is 2.39. The molecule has 2 aliphatic carbocycles. The van der Waals surface area contributed by atoms with E-state index >= 15 is 0 Å². The molecule has 2 aromatic rings. The van der Waals surface area contributed by atoms with Crippen molar-refractivity contribution in [2.24, 2.45) is 11.8 Å². The number of fused-ring (bicyclic) bond motifs is 3. The van der Waals surface area contributed by atoms with E-state index < -0.39 is 17.9 Å². The summed E-state index contributed by atoms with van der Waals surface area (Å²) in [6, 6.07) is 11.8. The minimum Gasteiger partial charge on any atom is -0.386 e. The summed E-state index contributed by atoms with van der Waals surface area (Å²) < 4.78 is 1.18. The molecule has 4 rings (SSSR count). The number of aliphatic hydroxyl groups excluding tert-OH is 1. The molecule has 1 aromatic carbocycles. The van der Waals surface area contributed by atoms with Gasteiger partial charge in [-0.25, -0.2) is 4.68 Å². The molecule has 1 heterocycles. The van der Waals surface area contributed by atoms with Crippen molar-refractivity contribution in [2.75, 3.05) is 6.61 Å². The Bertz CT molecular complexity index is 999. The molecular weight excluding hydrogens is 342 g/mol. The summed E-state index contributed by atoms with van der Waals surface area (Å²) in [5, 5.41) is 23.3. The second-order valence-corrected chi connectivity index (χ2v) is 7.20. The quantitative estimate of drug-likeness (QED) is 0.883. The Labute approximate surface area is 156 Å². The molecule has 27 heavy (non-hydrogen) atoms. The predicted molar refractivity (Wildman–Crippen MR) is 96.8 cm³/mol. The van der Waals surface area contributed by atoms with Crippen LogP contribution >= 0.6 is 0 Å². The summed E-state index contributed by atoms with van der Waals surface area (Å²) in [4.78, 5) is 24.7. The first kappa shape index (κ1) is 17.4. The summed E-state index contributed by atoms with van der Waals surface area (Å²) >= 11 is 0. The lowest BCUT2D eigenvalue weighted by atomic mass is 9.54. The van der Waals surface area contributed by atoms with Crippen LogP contribution in [0.15, 0.2) is 48.2 Å². The Balaban J connectivity index is 2.04. The zero-order valence-electron chi connectivity index (χ0n) is 14.9. The number of aliphatic hydroxyl groups is 1. The Morgan fingerprint density at radius 2 is 2.15 bits per heavy atom. The number of rotatable bonds is 2. The molecule has 2 aliphatic rings. The van der Waals surface area contributed by atoms with Crippen LogP contribution in [0.1, 0.15) is 35.0 Å². The lowest BCUT2D eigenvalue weighted by molar-refractivity contribution is -0.121. The number of nitriles is 1. The second kappa shape index (κ2) is 6.29. The average Bonchev–Trinajstić information content (AvgIpc) is 3.15. The van der Waals surface area contributed by atoms with Crippen molar-refractivity contribution in [3.63, 3.8) is 0 Å². The summed E-state index contributed by atoms with van der Waals surface area (Å²) in [6.45, 7) is 1.24. The molecule has 0 amide bonds. The molecule has 0 saturated heterocycles. The average molecular weight is 361 g/mol. The van der Waals surface area contributed by atoms with Gasteiger partial charge in [0.1, 0.15) is 12.7 Å². The van der Waals surface area contributed by atoms with Crippen molar-refractivity contribution in [3.8, 4) is 6.07 Å². The van der Waals surface area contributed by atoms with E-state index in [9.17, 15) is 20.0 Å². The van der Waals surface area contributed by atoms with Gasteiger partial charge in [0.15, 0.2) is 5.78 Å². The fraction of sp³-hybridized carbons (Fsp3) is 0.333. The molecule has 0 saturated carbocycles. The van der Waals surface area contributed by atoms with Crippen molar-refractivity contribution in [1.29, 1.82) is 5.26 Å². The number of allylic oxidation sites excluding steroid dienone is 2. The number of hydrogen-bond donors (Lipinski definition) is 1. The zero-order valence-corrected chi connectivity index (χ0v) is 14.9. The largest absolute Gasteiger partial charge is 0.386 e. The maximum absolute atomic E-state index is 12.7. The van der Waals surface area contributed by atoms with Gasteiger partial charge in [-0.1, -0.05) is 37.3 Å². The van der Waals surface area contributed by atoms with E-state index in [1.807, 2.05) is 37.3 Å². The Hall–Kier alpha value is -3.04. The number of aryl methyl sites for hydroxylation is 1. The van der Waals surface area contributed by atoms with Crippen LogP contribution in [0.5, 0.6) is 0 Å². The maximum atomic E-state index is 12.7. The van der Waals surface area contributed by atoms with Gasteiger partial charge in [0.2, 0.25) is 0 Å². The Kier molecular flexibility index (Phi) is 4.05. The molecule has 1 unspecified atom stereocenters. The molecule has 0 aliphatic heterocycles. The second-order valence-electron chi connectivity index (χ2n) is 7.20. The molecule has 6 nitrogen and oxygen atoms in total. The van der Waals surface area contributed by atoms with Crippen molar-refractivity contribution in [3.05, 3.63) is 65.0 Å². The van der Waals surface area contributed by atoms with Crippen LogP contribution in [-0.2, 0) is 16.6 Å². The monoisotopic (exact) mass is 361 g/mol. The lowest BCUT2D eigenvalue weighted by Crippen LogP contribution is -2.48. The molecule has 0 radical (unpaired) electrons. The van der Waals surface area contributed by atoms with Crippen molar-refractivity contribution >= 4 is 11.7 Å². The predicted octanol–water partition coefficient (Wildman–Crippen LogP) is 2.03. The Morgan fingerprint density at radius 3 is 2.81 bits per heavy atom. The summed E-state index contributed by atoms with van der Waals surface area (Å²) in [6.07, 6.45) is 4.85. The van der Waals surface area contributed by atoms with Gasteiger partial charge in [-0.3, -0.25) is 9.59 Å². The number of carbonyl (C=O) groups is 2. The molecule has 1 N–H and O–H groups in total. The van der Waals surface area contributed by atoms with Crippen molar-refractivity contribution in [1.82, 2.24) is 9.78 Å². The highest BCUT2D eigenvalue weighted by Gasteiger charge is 2.53. The SMILES string of the molecule is C[C@@H]1C(=O)C(C#N)=C[C@]2(c3ccccc3)c3nn(C(=O)CO)cc3CCC12. The fourth-order valence-corrected chi connectivity index (χ4v) is 4.64. The molecule has 136 valence electrons. The third-order valence-corrected chi connectivity index (χ3v) is 5.91. The first-order chi connectivity index (χ1) is 13.0. The zero-order chi connectivity index (χ0) is 19.2. The Morgan fingerprint density at radius 1 is 1.41 bits per heavy atom. The first-order valence-electron chi connectivity index (χ1n) is 8.98.